The van der Waals surface area contributed by atoms with E-state index in [0.29, 0.717) is 37.3 Å². The van der Waals surface area contributed by atoms with Crippen LogP contribution in [0.25, 0.3) is 10.9 Å². The van der Waals surface area contributed by atoms with Crippen LogP contribution >= 0.6 is 0 Å². The summed E-state index contributed by atoms with van der Waals surface area (Å²) in [6.07, 6.45) is 0.865. The molecule has 10 heteroatoms. The molecular formula is C25H29F2N5O3. The number of anilines is 2. The molecule has 8 nitrogen and oxygen atoms in total. The van der Waals surface area contributed by atoms with Crippen LogP contribution < -0.4 is 20.1 Å². The fraction of sp³-hybridized carbons (Fsp3) is 0.400. The number of ether oxygens (including phenoxy) is 2. The van der Waals surface area contributed by atoms with E-state index in [9.17, 15) is 9.18 Å². The van der Waals surface area contributed by atoms with Gasteiger partial charge >= 0.3 is 0 Å². The van der Waals surface area contributed by atoms with E-state index in [1.807, 2.05) is 23.6 Å². The Labute approximate surface area is 202 Å². The van der Waals surface area contributed by atoms with Gasteiger partial charge in [0.15, 0.2) is 17.3 Å². The van der Waals surface area contributed by atoms with Crippen molar-refractivity contribution in [1.29, 1.82) is 0 Å². The highest BCUT2D eigenvalue weighted by Crippen LogP contribution is 2.38. The van der Waals surface area contributed by atoms with E-state index >= 15 is 4.39 Å². The lowest BCUT2D eigenvalue weighted by Crippen LogP contribution is -2.58. The van der Waals surface area contributed by atoms with Gasteiger partial charge in [-0.2, -0.15) is 4.98 Å². The number of nitrogens with zero attached hydrogens (tertiary/aromatic N) is 4. The second-order valence-corrected chi connectivity index (χ2v) is 8.75. The Morgan fingerprint density at radius 1 is 1.09 bits per heavy atom. The van der Waals surface area contributed by atoms with Crippen LogP contribution in [0.15, 0.2) is 30.3 Å². The van der Waals surface area contributed by atoms with Crippen LogP contribution in [0.4, 0.5) is 20.5 Å². The van der Waals surface area contributed by atoms with Crippen LogP contribution in [-0.4, -0.2) is 60.2 Å². The fourth-order valence-electron chi connectivity index (χ4n) is 4.47. The molecule has 35 heavy (non-hydrogen) atoms. The molecule has 1 amide bonds. The zero-order valence-corrected chi connectivity index (χ0v) is 20.2. The summed E-state index contributed by atoms with van der Waals surface area (Å²) in [5, 5.41) is 0.333. The average molecular weight is 486 g/mol. The van der Waals surface area contributed by atoms with Crippen LogP contribution in [0.1, 0.15) is 25.8 Å². The smallest absolute Gasteiger partial charge is 0.228 e. The van der Waals surface area contributed by atoms with Gasteiger partial charge in [-0.15, -0.1) is 0 Å². The van der Waals surface area contributed by atoms with Gasteiger partial charge in [-0.3, -0.25) is 4.79 Å². The van der Waals surface area contributed by atoms with Crippen LogP contribution in [0.5, 0.6) is 11.5 Å². The van der Waals surface area contributed by atoms with Crippen LogP contribution in [0.3, 0.4) is 0 Å². The summed E-state index contributed by atoms with van der Waals surface area (Å²) in [5.41, 5.74) is 7.13. The number of nitrogen functional groups attached to an aromatic ring is 1. The Hall–Kier alpha value is -3.69. The number of methoxy groups -OCH3 is 2. The van der Waals surface area contributed by atoms with Gasteiger partial charge < -0.3 is 25.0 Å². The molecule has 0 spiro atoms. The summed E-state index contributed by atoms with van der Waals surface area (Å²) < 4.78 is 38.7. The minimum absolute atomic E-state index is 0.0233. The van der Waals surface area contributed by atoms with Crippen molar-refractivity contribution in [3.8, 4) is 11.5 Å². The van der Waals surface area contributed by atoms with Crippen LogP contribution in [0, 0.1) is 11.6 Å². The number of amides is 1. The van der Waals surface area contributed by atoms with Gasteiger partial charge in [0.05, 0.1) is 14.2 Å². The van der Waals surface area contributed by atoms with Gasteiger partial charge in [0.25, 0.3) is 0 Å². The maximum atomic E-state index is 15.2. The fourth-order valence-corrected chi connectivity index (χ4v) is 4.47. The van der Waals surface area contributed by atoms with Crippen molar-refractivity contribution in [3.05, 3.63) is 47.5 Å². The van der Waals surface area contributed by atoms with Crippen molar-refractivity contribution in [2.24, 2.45) is 0 Å². The van der Waals surface area contributed by atoms with Crippen LogP contribution in [0.2, 0.25) is 0 Å². The number of nitrogens with two attached hydrogens (primary N) is 1. The van der Waals surface area contributed by atoms with E-state index in [-0.39, 0.29) is 46.6 Å². The summed E-state index contributed by atoms with van der Waals surface area (Å²) in [7, 11) is 2.77. The topological polar surface area (TPSA) is 93.8 Å². The van der Waals surface area contributed by atoms with Gasteiger partial charge in [-0.1, -0.05) is 12.1 Å². The standard InChI is InChI=1S/C25H29F2N5O3/c1-14-13-32(15(2)12-31(14)20(33)10-7-16-5-8-17(26)9-6-16)25-29-22-18(24(28)30-25)11-19(34-3)23(35-4)21(22)27/h5-6,8-9,11,14-15H,7,10,12-13H2,1-4H3,(H2,28,29,30). The number of piperazine rings is 1. The number of halogens is 2. The first-order chi connectivity index (χ1) is 16.7. The van der Waals surface area contributed by atoms with Gasteiger partial charge in [0.2, 0.25) is 11.9 Å². The van der Waals surface area contributed by atoms with E-state index in [1.54, 1.807) is 18.2 Å². The van der Waals surface area contributed by atoms with Crippen molar-refractivity contribution in [3.63, 3.8) is 0 Å². The molecular weight excluding hydrogens is 456 g/mol. The molecule has 4 rings (SSSR count). The summed E-state index contributed by atoms with van der Waals surface area (Å²) >= 11 is 0. The third-order valence-corrected chi connectivity index (χ3v) is 6.40. The molecule has 2 aromatic carbocycles. The molecule has 186 valence electrons. The molecule has 2 unspecified atom stereocenters. The maximum Gasteiger partial charge on any atom is 0.228 e. The van der Waals surface area contributed by atoms with E-state index in [1.165, 1.54) is 26.4 Å². The normalized spacial score (nSPS) is 18.1. The number of aryl methyl sites for hydroxylation is 1. The second-order valence-electron chi connectivity index (χ2n) is 8.75. The highest BCUT2D eigenvalue weighted by molar-refractivity contribution is 5.92. The molecule has 1 saturated heterocycles. The van der Waals surface area contributed by atoms with E-state index < -0.39 is 5.82 Å². The van der Waals surface area contributed by atoms with Crippen LogP contribution in [-0.2, 0) is 11.2 Å². The minimum Gasteiger partial charge on any atom is -0.493 e. The Morgan fingerprint density at radius 3 is 2.46 bits per heavy atom. The highest BCUT2D eigenvalue weighted by Gasteiger charge is 2.33. The third-order valence-electron chi connectivity index (χ3n) is 6.40. The molecule has 1 aliphatic heterocycles. The van der Waals surface area contributed by atoms with Crippen molar-refractivity contribution in [1.82, 2.24) is 14.9 Å². The Balaban J connectivity index is 1.53. The Kier molecular flexibility index (Phi) is 6.90. The van der Waals surface area contributed by atoms with Crippen molar-refractivity contribution in [2.45, 2.75) is 38.8 Å². The van der Waals surface area contributed by atoms with E-state index in [2.05, 4.69) is 9.97 Å². The third kappa shape index (κ3) is 4.78. The van der Waals surface area contributed by atoms with E-state index in [4.69, 9.17) is 15.2 Å². The first-order valence-electron chi connectivity index (χ1n) is 11.4. The number of fused-ring (bicyclic) bond motifs is 1. The SMILES string of the molecule is COc1cc2c(N)nc(N3CC(C)N(C(=O)CCc4ccc(F)cc4)CC3C)nc2c(F)c1OC. The van der Waals surface area contributed by atoms with Gasteiger partial charge in [-0.25, -0.2) is 13.8 Å². The number of carbonyl (C=O) groups is 1. The molecule has 2 N–H and O–H groups in total. The van der Waals surface area contributed by atoms with Crippen molar-refractivity contribution < 1.29 is 23.0 Å². The predicted octanol–water partition coefficient (Wildman–Crippen LogP) is 3.57. The zero-order chi connectivity index (χ0) is 25.3. The molecule has 1 fully saturated rings. The molecule has 0 saturated carbocycles. The summed E-state index contributed by atoms with van der Waals surface area (Å²) in [4.78, 5) is 25.6. The van der Waals surface area contributed by atoms with Gasteiger partial charge in [0.1, 0.15) is 17.2 Å². The number of carbonyl (C=O) groups excluding carboxylic acids is 1. The molecule has 0 aliphatic carbocycles. The molecule has 2 heterocycles. The lowest BCUT2D eigenvalue weighted by molar-refractivity contribution is -0.134. The molecule has 1 aliphatic rings. The zero-order valence-electron chi connectivity index (χ0n) is 20.2. The number of benzene rings is 2. The van der Waals surface area contributed by atoms with Gasteiger partial charge in [-0.05, 0) is 44.0 Å². The first-order valence-corrected chi connectivity index (χ1v) is 11.4. The Bertz CT molecular complexity index is 1240. The summed E-state index contributed by atoms with van der Waals surface area (Å²) in [6, 6.07) is 7.49. The second kappa shape index (κ2) is 9.89. The molecule has 0 radical (unpaired) electrons. The monoisotopic (exact) mass is 485 g/mol. The van der Waals surface area contributed by atoms with Crippen molar-refractivity contribution in [2.75, 3.05) is 37.9 Å². The molecule has 1 aromatic heterocycles. The maximum absolute atomic E-state index is 15.2. The Morgan fingerprint density at radius 2 is 1.80 bits per heavy atom. The number of aromatic nitrogens is 2. The summed E-state index contributed by atoms with van der Waals surface area (Å²) in [5.74, 6) is -0.381. The lowest BCUT2D eigenvalue weighted by atomic mass is 10.1. The first kappa shape index (κ1) is 24.4. The quantitative estimate of drug-likeness (QED) is 0.571. The van der Waals surface area contributed by atoms with E-state index in [0.717, 1.165) is 5.56 Å². The average Bonchev–Trinajstić information content (AvgIpc) is 2.84. The molecule has 0 bridgehead atoms. The molecule has 2 atom stereocenters. The number of hydrogen-bond acceptors (Lipinski definition) is 7. The highest BCUT2D eigenvalue weighted by atomic mass is 19.1. The van der Waals surface area contributed by atoms with Crippen molar-refractivity contribution >= 4 is 28.6 Å². The summed E-state index contributed by atoms with van der Waals surface area (Å²) in [6.45, 7) is 4.83. The predicted molar refractivity (Wildman–Crippen MR) is 130 cm³/mol. The largest absolute Gasteiger partial charge is 0.493 e. The molecule has 3 aromatic rings. The van der Waals surface area contributed by atoms with Gasteiger partial charge in [0, 0.05) is 37.0 Å². The lowest BCUT2D eigenvalue weighted by Gasteiger charge is -2.44. The number of rotatable bonds is 6. The minimum atomic E-state index is -0.674. The number of hydrogen-bond donors (Lipinski definition) is 1.